The minimum Gasteiger partial charge on any atom is -0.436 e. The molecule has 0 aliphatic carbocycles. The fourth-order valence-electron chi connectivity index (χ4n) is 2.29. The summed E-state index contributed by atoms with van der Waals surface area (Å²) in [5.41, 5.74) is 1.99. The fraction of sp³-hybridized carbons (Fsp3) is 0.476. The van der Waals surface area contributed by atoms with E-state index in [2.05, 4.69) is 32.7 Å². The van der Waals surface area contributed by atoms with Crippen molar-refractivity contribution in [3.63, 3.8) is 0 Å². The molecule has 1 aromatic carbocycles. The lowest BCUT2D eigenvalue weighted by Crippen LogP contribution is -2.14. The molecular weight excluding hydrogens is 317 g/mol. The largest absolute Gasteiger partial charge is 0.436 e. The Bertz CT molecular complexity index is 663. The van der Waals surface area contributed by atoms with Crippen molar-refractivity contribution >= 4 is 0 Å². The molecule has 0 N–H and O–H groups in total. The molecular formula is C21H28FNO2. The molecule has 25 heavy (non-hydrogen) atoms. The number of hydrogen-bond donors (Lipinski definition) is 0. The topological polar surface area (TPSA) is 31.4 Å². The number of rotatable bonds is 8. The minimum atomic E-state index is -0.477. The Kier molecular flexibility index (Phi) is 6.94. The van der Waals surface area contributed by atoms with Gasteiger partial charge in [0.2, 0.25) is 0 Å². The first-order valence-corrected chi connectivity index (χ1v) is 8.87. The highest BCUT2D eigenvalue weighted by atomic mass is 19.1. The summed E-state index contributed by atoms with van der Waals surface area (Å²) in [7, 11) is 0. The molecule has 0 saturated heterocycles. The standard InChI is InChI=1S/C21H28FNO2/c1-5-6-7-16-8-11-18(12-9-16)25-20-19(22)13-10-17(23-20)14-24-15-21(2,3)4/h8-13H,5-7,14-15H2,1-4H3. The van der Waals surface area contributed by atoms with Crippen molar-refractivity contribution < 1.29 is 13.9 Å². The quantitative estimate of drug-likeness (QED) is 0.595. The van der Waals surface area contributed by atoms with Gasteiger partial charge in [-0.05, 0) is 48.1 Å². The highest BCUT2D eigenvalue weighted by molar-refractivity contribution is 5.31. The SMILES string of the molecule is CCCCc1ccc(Oc2nc(COCC(C)(C)C)ccc2F)cc1. The summed E-state index contributed by atoms with van der Waals surface area (Å²) in [6.45, 7) is 9.42. The van der Waals surface area contributed by atoms with Gasteiger partial charge in [-0.1, -0.05) is 46.2 Å². The van der Waals surface area contributed by atoms with Gasteiger partial charge in [0, 0.05) is 0 Å². The molecule has 1 heterocycles. The van der Waals surface area contributed by atoms with Gasteiger partial charge in [0.25, 0.3) is 5.88 Å². The van der Waals surface area contributed by atoms with Crippen molar-refractivity contribution in [1.29, 1.82) is 0 Å². The van der Waals surface area contributed by atoms with Crippen LogP contribution in [0.2, 0.25) is 0 Å². The van der Waals surface area contributed by atoms with Crippen molar-refractivity contribution in [3.8, 4) is 11.6 Å². The molecule has 0 fully saturated rings. The highest BCUT2D eigenvalue weighted by Crippen LogP contribution is 2.24. The van der Waals surface area contributed by atoms with E-state index in [-0.39, 0.29) is 11.3 Å². The number of benzene rings is 1. The first kappa shape index (κ1) is 19.4. The maximum absolute atomic E-state index is 14.0. The summed E-state index contributed by atoms with van der Waals surface area (Å²) < 4.78 is 25.2. The number of nitrogens with zero attached hydrogens (tertiary/aromatic N) is 1. The molecule has 0 saturated carbocycles. The van der Waals surface area contributed by atoms with Crippen molar-refractivity contribution in [3.05, 3.63) is 53.5 Å². The van der Waals surface area contributed by atoms with Gasteiger partial charge in [0.1, 0.15) is 5.75 Å². The third-order valence-corrected chi connectivity index (χ3v) is 3.61. The van der Waals surface area contributed by atoms with Gasteiger partial charge in [-0.15, -0.1) is 0 Å². The monoisotopic (exact) mass is 345 g/mol. The Morgan fingerprint density at radius 1 is 1.04 bits per heavy atom. The zero-order chi connectivity index (χ0) is 18.3. The Labute approximate surface area is 150 Å². The highest BCUT2D eigenvalue weighted by Gasteiger charge is 2.12. The number of aryl methyl sites for hydroxylation is 1. The van der Waals surface area contributed by atoms with E-state index < -0.39 is 5.82 Å². The minimum absolute atomic E-state index is 0.0156. The Morgan fingerprint density at radius 3 is 2.40 bits per heavy atom. The lowest BCUT2D eigenvalue weighted by atomic mass is 9.99. The van der Waals surface area contributed by atoms with E-state index in [1.165, 1.54) is 11.6 Å². The summed E-state index contributed by atoms with van der Waals surface area (Å²) in [4.78, 5) is 4.24. The predicted octanol–water partition coefficient (Wildman–Crippen LogP) is 5.92. The van der Waals surface area contributed by atoms with Gasteiger partial charge in [-0.25, -0.2) is 9.37 Å². The van der Waals surface area contributed by atoms with Crippen LogP contribution in [-0.2, 0) is 17.8 Å². The van der Waals surface area contributed by atoms with E-state index in [0.29, 0.717) is 24.7 Å². The summed E-state index contributed by atoms with van der Waals surface area (Å²) in [5.74, 6) is 0.0900. The number of ether oxygens (including phenoxy) is 2. The average Bonchev–Trinajstić information content (AvgIpc) is 2.56. The zero-order valence-corrected chi connectivity index (χ0v) is 15.6. The van der Waals surface area contributed by atoms with Crippen LogP contribution in [-0.4, -0.2) is 11.6 Å². The van der Waals surface area contributed by atoms with E-state index in [1.807, 2.05) is 24.3 Å². The second kappa shape index (κ2) is 8.95. The summed E-state index contributed by atoms with van der Waals surface area (Å²) in [5, 5.41) is 0. The van der Waals surface area contributed by atoms with Crippen LogP contribution < -0.4 is 4.74 Å². The molecule has 2 rings (SSSR count). The molecule has 0 atom stereocenters. The maximum Gasteiger partial charge on any atom is 0.256 e. The number of aromatic nitrogens is 1. The molecule has 0 amide bonds. The number of hydrogen-bond acceptors (Lipinski definition) is 3. The molecule has 3 nitrogen and oxygen atoms in total. The van der Waals surface area contributed by atoms with Crippen LogP contribution in [0.3, 0.4) is 0 Å². The Hall–Kier alpha value is -1.94. The van der Waals surface area contributed by atoms with Crippen LogP contribution in [0.15, 0.2) is 36.4 Å². The van der Waals surface area contributed by atoms with E-state index >= 15 is 0 Å². The predicted molar refractivity (Wildman–Crippen MR) is 98.4 cm³/mol. The van der Waals surface area contributed by atoms with Crippen molar-refractivity contribution in [2.75, 3.05) is 6.61 Å². The smallest absolute Gasteiger partial charge is 0.256 e. The second-order valence-corrected chi connectivity index (χ2v) is 7.49. The number of unbranched alkanes of at least 4 members (excludes halogenated alkanes) is 1. The first-order valence-electron chi connectivity index (χ1n) is 8.87. The van der Waals surface area contributed by atoms with Crippen molar-refractivity contribution in [2.24, 2.45) is 5.41 Å². The Balaban J connectivity index is 1.99. The van der Waals surface area contributed by atoms with E-state index in [9.17, 15) is 4.39 Å². The molecule has 0 aliphatic heterocycles. The van der Waals surface area contributed by atoms with Crippen LogP contribution >= 0.6 is 0 Å². The molecule has 0 spiro atoms. The van der Waals surface area contributed by atoms with Crippen molar-refractivity contribution in [2.45, 2.75) is 53.6 Å². The lowest BCUT2D eigenvalue weighted by molar-refractivity contribution is 0.0578. The van der Waals surface area contributed by atoms with Crippen LogP contribution in [0.1, 0.15) is 51.8 Å². The lowest BCUT2D eigenvalue weighted by Gasteiger charge is -2.17. The summed E-state index contributed by atoms with van der Waals surface area (Å²) >= 11 is 0. The van der Waals surface area contributed by atoms with Crippen LogP contribution in [0.4, 0.5) is 4.39 Å². The van der Waals surface area contributed by atoms with Crippen molar-refractivity contribution in [1.82, 2.24) is 4.98 Å². The van der Waals surface area contributed by atoms with E-state index in [4.69, 9.17) is 9.47 Å². The molecule has 0 aliphatic rings. The van der Waals surface area contributed by atoms with E-state index in [0.717, 1.165) is 19.3 Å². The normalized spacial score (nSPS) is 11.6. The Morgan fingerprint density at radius 2 is 1.76 bits per heavy atom. The van der Waals surface area contributed by atoms with Crippen LogP contribution in [0, 0.1) is 11.2 Å². The number of halogens is 1. The molecule has 2 aromatic rings. The number of pyridine rings is 1. The second-order valence-electron chi connectivity index (χ2n) is 7.49. The maximum atomic E-state index is 14.0. The molecule has 0 radical (unpaired) electrons. The van der Waals surface area contributed by atoms with Gasteiger partial charge < -0.3 is 9.47 Å². The van der Waals surface area contributed by atoms with Crippen LogP contribution in [0.5, 0.6) is 11.6 Å². The summed E-state index contributed by atoms with van der Waals surface area (Å²) in [6, 6.07) is 10.7. The molecule has 0 bridgehead atoms. The first-order chi connectivity index (χ1) is 11.9. The zero-order valence-electron chi connectivity index (χ0n) is 15.6. The van der Waals surface area contributed by atoms with Gasteiger partial charge in [-0.3, -0.25) is 0 Å². The molecule has 4 heteroatoms. The molecule has 1 aromatic heterocycles. The summed E-state index contributed by atoms with van der Waals surface area (Å²) in [6.07, 6.45) is 3.37. The van der Waals surface area contributed by atoms with E-state index in [1.54, 1.807) is 6.07 Å². The van der Waals surface area contributed by atoms with Gasteiger partial charge in [0.05, 0.1) is 18.9 Å². The van der Waals surface area contributed by atoms with Crippen LogP contribution in [0.25, 0.3) is 0 Å². The molecule has 0 unspecified atom stereocenters. The van der Waals surface area contributed by atoms with Gasteiger partial charge in [-0.2, -0.15) is 0 Å². The average molecular weight is 345 g/mol. The third kappa shape index (κ3) is 6.83. The molecule has 136 valence electrons. The van der Waals surface area contributed by atoms with Gasteiger partial charge >= 0.3 is 0 Å². The third-order valence-electron chi connectivity index (χ3n) is 3.61. The van der Waals surface area contributed by atoms with Gasteiger partial charge in [0.15, 0.2) is 5.82 Å². The fourth-order valence-corrected chi connectivity index (χ4v) is 2.29.